The fourth-order valence-corrected chi connectivity index (χ4v) is 3.35. The van der Waals surface area contributed by atoms with Gasteiger partial charge in [-0.25, -0.2) is 0 Å². The molecule has 23 heavy (non-hydrogen) atoms. The lowest BCUT2D eigenvalue weighted by Gasteiger charge is -2.28. The third-order valence-electron chi connectivity index (χ3n) is 4.47. The number of methoxy groups -OCH3 is 2. The van der Waals surface area contributed by atoms with Gasteiger partial charge in [-0.3, -0.25) is 0 Å². The number of rotatable bonds is 4. The summed E-state index contributed by atoms with van der Waals surface area (Å²) in [6, 6.07) is 16.4. The second-order valence-corrected chi connectivity index (χ2v) is 5.54. The van der Waals surface area contributed by atoms with Crippen LogP contribution in [0, 0.1) is 11.3 Å². The highest BCUT2D eigenvalue weighted by molar-refractivity contribution is 5.66. The normalized spacial score (nSPS) is 19.1. The Labute approximate surface area is 136 Å². The van der Waals surface area contributed by atoms with Gasteiger partial charge >= 0.3 is 0 Å². The van der Waals surface area contributed by atoms with E-state index in [1.807, 2.05) is 42.5 Å². The van der Waals surface area contributed by atoms with Crippen molar-refractivity contribution < 1.29 is 9.47 Å². The predicted molar refractivity (Wildman–Crippen MR) is 90.1 cm³/mol. The number of likely N-dealkylation sites (N-methyl/N-ethyl adjacent to an activating group) is 1. The summed E-state index contributed by atoms with van der Waals surface area (Å²) in [5.74, 6) is 1.39. The largest absolute Gasteiger partial charge is 0.497 e. The molecule has 3 rings (SSSR count). The zero-order valence-electron chi connectivity index (χ0n) is 13.6. The molecule has 2 atom stereocenters. The summed E-state index contributed by atoms with van der Waals surface area (Å²) in [5.41, 5.74) is 3.27. The smallest absolute Gasteiger partial charge is 0.119 e. The van der Waals surface area contributed by atoms with Gasteiger partial charge in [-0.05, 0) is 48.4 Å². The molecule has 1 aliphatic heterocycles. The summed E-state index contributed by atoms with van der Waals surface area (Å²) in [7, 11) is 3.31. The molecular formula is C19H20N2O2. The molecule has 2 unspecified atom stereocenters. The molecule has 0 radical (unpaired) electrons. The molecule has 0 aromatic heterocycles. The number of nitriles is 1. The Bertz CT molecular complexity index is 734. The number of hydrogen-bond donors (Lipinski definition) is 0. The molecule has 0 amide bonds. The maximum absolute atomic E-state index is 9.78. The van der Waals surface area contributed by atoms with E-state index in [0.29, 0.717) is 0 Å². The van der Waals surface area contributed by atoms with E-state index in [2.05, 4.69) is 17.9 Å². The Hall–Kier alpha value is -2.67. The Morgan fingerprint density at radius 1 is 1.04 bits per heavy atom. The van der Waals surface area contributed by atoms with E-state index in [1.54, 1.807) is 14.2 Å². The molecule has 0 fully saturated rings. The van der Waals surface area contributed by atoms with Crippen molar-refractivity contribution >= 4 is 5.69 Å². The van der Waals surface area contributed by atoms with Crippen LogP contribution in [0.5, 0.6) is 11.5 Å². The number of nitrogens with zero attached hydrogens (tertiary/aromatic N) is 2. The van der Waals surface area contributed by atoms with Gasteiger partial charge in [0.05, 0.1) is 32.2 Å². The zero-order chi connectivity index (χ0) is 16.4. The first-order valence-electron chi connectivity index (χ1n) is 7.71. The lowest BCUT2D eigenvalue weighted by atomic mass is 9.91. The third kappa shape index (κ3) is 2.49. The number of benzene rings is 2. The van der Waals surface area contributed by atoms with Crippen molar-refractivity contribution in [2.45, 2.75) is 18.9 Å². The van der Waals surface area contributed by atoms with Crippen molar-refractivity contribution in [3.8, 4) is 17.6 Å². The van der Waals surface area contributed by atoms with Crippen LogP contribution in [0.4, 0.5) is 5.69 Å². The van der Waals surface area contributed by atoms with Crippen molar-refractivity contribution in [2.75, 3.05) is 25.7 Å². The number of ether oxygens (including phenoxy) is 2. The minimum Gasteiger partial charge on any atom is -0.497 e. The van der Waals surface area contributed by atoms with Gasteiger partial charge in [-0.15, -0.1) is 0 Å². The molecule has 0 spiro atoms. The molecule has 0 saturated carbocycles. The maximum Gasteiger partial charge on any atom is 0.119 e. The van der Waals surface area contributed by atoms with Crippen molar-refractivity contribution in [3.05, 3.63) is 53.6 Å². The van der Waals surface area contributed by atoms with Crippen molar-refractivity contribution in [2.24, 2.45) is 0 Å². The van der Waals surface area contributed by atoms with Gasteiger partial charge in [0.2, 0.25) is 0 Å². The van der Waals surface area contributed by atoms with Crippen molar-refractivity contribution in [1.29, 1.82) is 5.26 Å². The van der Waals surface area contributed by atoms with Gasteiger partial charge in [0.25, 0.3) is 0 Å². The summed E-state index contributed by atoms with van der Waals surface area (Å²) >= 11 is 0. The topological polar surface area (TPSA) is 45.5 Å². The first kappa shape index (κ1) is 15.2. The zero-order valence-corrected chi connectivity index (χ0v) is 13.6. The van der Waals surface area contributed by atoms with Gasteiger partial charge in [-0.1, -0.05) is 12.1 Å². The van der Waals surface area contributed by atoms with Crippen molar-refractivity contribution in [3.63, 3.8) is 0 Å². The summed E-state index contributed by atoms with van der Waals surface area (Å²) < 4.78 is 10.6. The van der Waals surface area contributed by atoms with Crippen LogP contribution in [0.2, 0.25) is 0 Å². The van der Waals surface area contributed by atoms with Gasteiger partial charge < -0.3 is 14.4 Å². The van der Waals surface area contributed by atoms with Gasteiger partial charge in [0.1, 0.15) is 11.5 Å². The summed E-state index contributed by atoms with van der Waals surface area (Å²) in [5, 5.41) is 9.78. The second-order valence-electron chi connectivity index (χ2n) is 5.54. The second kappa shape index (κ2) is 6.21. The molecule has 1 aliphatic rings. The summed E-state index contributed by atoms with van der Waals surface area (Å²) in [6.07, 6.45) is 0. The minimum atomic E-state index is -0.214. The molecule has 2 aromatic rings. The van der Waals surface area contributed by atoms with Gasteiger partial charge in [0.15, 0.2) is 0 Å². The molecular weight excluding hydrogens is 288 g/mol. The lowest BCUT2D eigenvalue weighted by Crippen LogP contribution is -2.26. The number of anilines is 1. The highest BCUT2D eigenvalue weighted by atomic mass is 16.5. The Morgan fingerprint density at radius 2 is 1.70 bits per heavy atom. The fraction of sp³-hybridized carbons (Fsp3) is 0.316. The summed E-state index contributed by atoms with van der Waals surface area (Å²) in [4.78, 5) is 2.28. The average molecular weight is 308 g/mol. The minimum absolute atomic E-state index is 0.0120. The van der Waals surface area contributed by atoms with Crippen LogP contribution in [0.25, 0.3) is 0 Å². The third-order valence-corrected chi connectivity index (χ3v) is 4.47. The van der Waals surface area contributed by atoms with E-state index in [0.717, 1.165) is 34.9 Å². The monoisotopic (exact) mass is 308 g/mol. The number of hydrogen-bond acceptors (Lipinski definition) is 4. The Kier molecular flexibility index (Phi) is 4.12. The van der Waals surface area contributed by atoms with E-state index in [-0.39, 0.29) is 12.0 Å². The highest BCUT2D eigenvalue weighted by Gasteiger charge is 2.39. The van der Waals surface area contributed by atoms with Crippen LogP contribution in [0.1, 0.15) is 30.0 Å². The average Bonchev–Trinajstić information content (AvgIpc) is 2.94. The molecule has 118 valence electrons. The first-order valence-corrected chi connectivity index (χ1v) is 7.71. The SMILES string of the molecule is CCN1c2ccc(OC)cc2C(C#N)C1c1ccc(OC)cc1. The van der Waals surface area contributed by atoms with Crippen LogP contribution in [-0.4, -0.2) is 20.8 Å². The van der Waals surface area contributed by atoms with Crippen LogP contribution in [0.3, 0.4) is 0 Å². The highest BCUT2D eigenvalue weighted by Crippen LogP contribution is 2.49. The molecule has 4 nitrogen and oxygen atoms in total. The maximum atomic E-state index is 9.78. The fourth-order valence-electron chi connectivity index (χ4n) is 3.35. The van der Waals surface area contributed by atoms with E-state index in [4.69, 9.17) is 9.47 Å². The lowest BCUT2D eigenvalue weighted by molar-refractivity contribution is 0.414. The standard InChI is InChI=1S/C19H20N2O2/c1-4-21-18-10-9-15(23-3)11-16(18)17(12-20)19(21)13-5-7-14(22-2)8-6-13/h5-11,17,19H,4H2,1-3H3. The van der Waals surface area contributed by atoms with Crippen LogP contribution in [0.15, 0.2) is 42.5 Å². The molecule has 2 aromatic carbocycles. The van der Waals surface area contributed by atoms with Crippen LogP contribution in [-0.2, 0) is 0 Å². The molecule has 1 heterocycles. The quantitative estimate of drug-likeness (QED) is 0.859. The molecule has 0 bridgehead atoms. The predicted octanol–water partition coefficient (Wildman–Crippen LogP) is 3.89. The Morgan fingerprint density at radius 3 is 2.26 bits per heavy atom. The summed E-state index contributed by atoms with van der Waals surface area (Å²) in [6.45, 7) is 2.96. The molecule has 0 N–H and O–H groups in total. The van der Waals surface area contributed by atoms with Crippen LogP contribution < -0.4 is 14.4 Å². The first-order chi connectivity index (χ1) is 11.2. The van der Waals surface area contributed by atoms with Gasteiger partial charge in [0, 0.05) is 12.2 Å². The number of fused-ring (bicyclic) bond motifs is 1. The van der Waals surface area contributed by atoms with E-state index < -0.39 is 0 Å². The van der Waals surface area contributed by atoms with Crippen LogP contribution >= 0.6 is 0 Å². The van der Waals surface area contributed by atoms with Gasteiger partial charge in [-0.2, -0.15) is 5.26 Å². The molecule has 0 aliphatic carbocycles. The Balaban J connectivity index is 2.07. The molecule has 4 heteroatoms. The van der Waals surface area contributed by atoms with Crippen molar-refractivity contribution in [1.82, 2.24) is 0 Å². The van der Waals surface area contributed by atoms with E-state index >= 15 is 0 Å². The molecule has 0 saturated heterocycles. The van der Waals surface area contributed by atoms with E-state index in [9.17, 15) is 5.26 Å². The van der Waals surface area contributed by atoms with E-state index in [1.165, 1.54) is 0 Å².